The molecule has 2 atom stereocenters. The molecule has 25 heavy (non-hydrogen) atoms. The number of nitrogens with two attached hydrogens (primary N) is 1. The average Bonchev–Trinajstić information content (AvgIpc) is 2.36. The summed E-state index contributed by atoms with van der Waals surface area (Å²) < 4.78 is 10.6. The van der Waals surface area contributed by atoms with Gasteiger partial charge < -0.3 is 20.5 Å². The van der Waals surface area contributed by atoms with Crippen LogP contribution in [0.1, 0.15) is 55.4 Å². The van der Waals surface area contributed by atoms with Crippen LogP contribution in [-0.4, -0.2) is 52.7 Å². The molecule has 0 spiro atoms. The number of esters is 1. The van der Waals surface area contributed by atoms with Crippen LogP contribution in [0.5, 0.6) is 0 Å². The van der Waals surface area contributed by atoms with E-state index in [1.807, 2.05) is 6.92 Å². The molecule has 8 heteroatoms. The van der Waals surface area contributed by atoms with Gasteiger partial charge in [-0.25, -0.2) is 9.59 Å². The van der Waals surface area contributed by atoms with Crippen molar-refractivity contribution in [3.05, 3.63) is 0 Å². The number of aliphatic imine (C=N–C) groups is 1. The van der Waals surface area contributed by atoms with Gasteiger partial charge >= 0.3 is 12.1 Å². The molecule has 1 amide bonds. The van der Waals surface area contributed by atoms with Crippen molar-refractivity contribution in [2.24, 2.45) is 10.7 Å². The van der Waals surface area contributed by atoms with Gasteiger partial charge in [0, 0.05) is 11.0 Å². The molecule has 0 aliphatic rings. The maximum atomic E-state index is 12.4. The summed E-state index contributed by atoms with van der Waals surface area (Å²) in [6.45, 7) is 14.9. The van der Waals surface area contributed by atoms with Crippen molar-refractivity contribution in [1.29, 1.82) is 0 Å². The number of hydrogen-bond acceptors (Lipinski definition) is 6. The van der Waals surface area contributed by atoms with Crippen molar-refractivity contribution in [2.75, 3.05) is 12.3 Å². The molecule has 0 heterocycles. The predicted octanol–water partition coefficient (Wildman–Crippen LogP) is 2.72. The van der Waals surface area contributed by atoms with Crippen molar-refractivity contribution >= 4 is 29.7 Å². The van der Waals surface area contributed by atoms with Crippen molar-refractivity contribution in [1.82, 2.24) is 5.32 Å². The lowest BCUT2D eigenvalue weighted by Gasteiger charge is -2.26. The van der Waals surface area contributed by atoms with E-state index in [1.165, 1.54) is 11.8 Å². The summed E-state index contributed by atoms with van der Waals surface area (Å²) in [4.78, 5) is 28.6. The van der Waals surface area contributed by atoms with E-state index in [0.717, 1.165) is 0 Å². The number of nitrogens with zero attached hydrogens (tertiary/aromatic N) is 1. The summed E-state index contributed by atoms with van der Waals surface area (Å²) in [5.74, 6) is 0.383. The molecule has 3 N–H and O–H groups in total. The third-order valence-corrected chi connectivity index (χ3v) is 3.77. The number of rotatable bonds is 7. The molecule has 0 bridgehead atoms. The Morgan fingerprint density at radius 3 is 2.08 bits per heavy atom. The number of nitrogens with one attached hydrogen (secondary N) is 1. The summed E-state index contributed by atoms with van der Waals surface area (Å²) >= 11 is 1.51. The minimum atomic E-state index is -0.801. The van der Waals surface area contributed by atoms with Gasteiger partial charge in [-0.3, -0.25) is 4.99 Å². The van der Waals surface area contributed by atoms with Crippen molar-refractivity contribution in [2.45, 2.75) is 77.9 Å². The molecule has 0 aliphatic carbocycles. The van der Waals surface area contributed by atoms with Gasteiger partial charge in [0.05, 0.1) is 12.4 Å². The summed E-state index contributed by atoms with van der Waals surface area (Å²) in [6, 6.07) is -0.801. The molecular weight excluding hydrogens is 342 g/mol. The second kappa shape index (κ2) is 9.89. The van der Waals surface area contributed by atoms with Crippen molar-refractivity contribution in [3.8, 4) is 0 Å². The van der Waals surface area contributed by atoms with E-state index in [2.05, 4.69) is 10.3 Å². The summed E-state index contributed by atoms with van der Waals surface area (Å²) in [6.07, 6.45) is -0.646. The highest BCUT2D eigenvalue weighted by molar-refractivity contribution is 8.00. The van der Waals surface area contributed by atoms with E-state index in [1.54, 1.807) is 48.5 Å². The van der Waals surface area contributed by atoms with Gasteiger partial charge in [-0.2, -0.15) is 11.8 Å². The highest BCUT2D eigenvalue weighted by atomic mass is 32.2. The topological polar surface area (TPSA) is 103 Å². The van der Waals surface area contributed by atoms with Gasteiger partial charge in [0.15, 0.2) is 0 Å². The molecule has 146 valence electrons. The van der Waals surface area contributed by atoms with Gasteiger partial charge in [0.1, 0.15) is 17.2 Å². The highest BCUT2D eigenvalue weighted by Gasteiger charge is 2.29. The molecule has 0 saturated carbocycles. The van der Waals surface area contributed by atoms with Crippen LogP contribution in [-0.2, 0) is 14.3 Å². The monoisotopic (exact) mass is 375 g/mol. The van der Waals surface area contributed by atoms with Crippen LogP contribution in [0.15, 0.2) is 4.99 Å². The fourth-order valence-corrected chi connectivity index (χ4v) is 2.50. The Balaban J connectivity index is 4.86. The lowest BCUT2D eigenvalue weighted by Crippen LogP contribution is -2.47. The predicted molar refractivity (Wildman–Crippen MR) is 103 cm³/mol. The number of carbonyl (C=O) groups excluding carboxylic acids is 2. The molecule has 0 saturated heterocycles. The maximum absolute atomic E-state index is 12.4. The second-order valence-electron chi connectivity index (χ2n) is 7.86. The number of ether oxygens (including phenoxy) is 2. The van der Waals surface area contributed by atoms with E-state index in [-0.39, 0.29) is 5.25 Å². The zero-order valence-electron chi connectivity index (χ0n) is 16.6. The van der Waals surface area contributed by atoms with E-state index < -0.39 is 29.3 Å². The Hall–Kier alpha value is -1.44. The molecule has 0 aromatic rings. The van der Waals surface area contributed by atoms with E-state index >= 15 is 0 Å². The normalized spacial score (nSPS) is 15.3. The van der Waals surface area contributed by atoms with Crippen LogP contribution in [0.4, 0.5) is 4.79 Å². The Morgan fingerprint density at radius 1 is 1.12 bits per heavy atom. The lowest BCUT2D eigenvalue weighted by molar-refractivity contribution is -0.156. The molecular formula is C17H33N3O4S. The first kappa shape index (κ1) is 23.6. The zero-order valence-corrected chi connectivity index (χ0v) is 17.5. The Morgan fingerprint density at radius 2 is 1.64 bits per heavy atom. The number of amidine groups is 1. The average molecular weight is 376 g/mol. The van der Waals surface area contributed by atoms with Crippen molar-refractivity contribution < 1.29 is 19.1 Å². The van der Waals surface area contributed by atoms with Gasteiger partial charge in [0.25, 0.3) is 0 Å². The second-order valence-corrected chi connectivity index (χ2v) is 9.33. The number of thioether (sulfide) groups is 1. The largest absolute Gasteiger partial charge is 0.458 e. The first-order valence-corrected chi connectivity index (χ1v) is 9.35. The molecule has 0 fully saturated rings. The summed E-state index contributed by atoms with van der Waals surface area (Å²) in [5, 5.41) is 2.74. The van der Waals surface area contributed by atoms with Gasteiger partial charge in [0.2, 0.25) is 0 Å². The molecule has 0 unspecified atom stereocenters. The van der Waals surface area contributed by atoms with Crippen LogP contribution in [0.3, 0.4) is 0 Å². The SMILES string of the molecule is CC(N)=NC[C@H](C)SC[C@H](NC(=O)OC(C)(C)C)C(=O)OC(C)(C)C. The minimum Gasteiger partial charge on any atom is -0.458 e. The smallest absolute Gasteiger partial charge is 0.408 e. The van der Waals surface area contributed by atoms with E-state index in [0.29, 0.717) is 18.1 Å². The molecule has 0 radical (unpaired) electrons. The highest BCUT2D eigenvalue weighted by Crippen LogP contribution is 2.16. The molecule has 0 aromatic heterocycles. The van der Waals surface area contributed by atoms with E-state index in [4.69, 9.17) is 15.2 Å². The summed E-state index contributed by atoms with van der Waals surface area (Å²) in [7, 11) is 0. The fourth-order valence-electron chi connectivity index (χ4n) is 1.58. The molecule has 0 aromatic carbocycles. The van der Waals surface area contributed by atoms with Crippen LogP contribution < -0.4 is 11.1 Å². The van der Waals surface area contributed by atoms with Gasteiger partial charge in [-0.05, 0) is 48.5 Å². The number of carbonyl (C=O) groups is 2. The first-order valence-electron chi connectivity index (χ1n) is 8.30. The third kappa shape index (κ3) is 13.5. The van der Waals surface area contributed by atoms with Gasteiger partial charge in [-0.15, -0.1) is 0 Å². The standard InChI is InChI=1S/C17H33N3O4S/c1-11(9-19-12(2)18)25-10-13(14(21)23-16(3,4)5)20-15(22)24-17(6,7)8/h11,13H,9-10H2,1-8H3,(H2,18,19)(H,20,22)/t11-,13-/m0/s1. The maximum Gasteiger partial charge on any atom is 0.408 e. The third-order valence-electron chi connectivity index (χ3n) is 2.53. The Bertz CT molecular complexity index is 477. The van der Waals surface area contributed by atoms with Crippen LogP contribution in [0.2, 0.25) is 0 Å². The quantitative estimate of drug-likeness (QED) is 0.403. The first-order chi connectivity index (χ1) is 11.2. The van der Waals surface area contributed by atoms with Crippen LogP contribution >= 0.6 is 11.8 Å². The summed E-state index contributed by atoms with van der Waals surface area (Å²) in [5.41, 5.74) is 4.25. The van der Waals surface area contributed by atoms with Gasteiger partial charge in [-0.1, -0.05) is 6.92 Å². The molecule has 7 nitrogen and oxygen atoms in total. The van der Waals surface area contributed by atoms with E-state index in [9.17, 15) is 9.59 Å². The zero-order chi connectivity index (χ0) is 19.8. The lowest BCUT2D eigenvalue weighted by atomic mass is 10.2. The Labute approximate surface area is 155 Å². The van der Waals surface area contributed by atoms with Crippen LogP contribution in [0.25, 0.3) is 0 Å². The number of alkyl carbamates (subject to hydrolysis) is 1. The fraction of sp³-hybridized carbons (Fsp3) is 0.824. The molecule has 0 aliphatic heterocycles. The Kier molecular flexibility index (Phi) is 9.32. The van der Waals surface area contributed by atoms with Crippen molar-refractivity contribution in [3.63, 3.8) is 0 Å². The van der Waals surface area contributed by atoms with Crippen LogP contribution in [0, 0.1) is 0 Å². The minimum absolute atomic E-state index is 0.142. The number of amides is 1. The number of hydrogen-bond donors (Lipinski definition) is 2. The molecule has 0 rings (SSSR count).